The van der Waals surface area contributed by atoms with Crippen molar-refractivity contribution in [2.75, 3.05) is 12.3 Å². The van der Waals surface area contributed by atoms with E-state index in [4.69, 9.17) is 15.9 Å². The minimum atomic E-state index is -1.10. The van der Waals surface area contributed by atoms with Gasteiger partial charge in [-0.25, -0.2) is 9.48 Å². The summed E-state index contributed by atoms with van der Waals surface area (Å²) in [5.41, 5.74) is 5.87. The van der Waals surface area contributed by atoms with E-state index < -0.39 is 5.97 Å². The molecule has 72 valence electrons. The molecule has 1 rings (SSSR count). The standard InChI is InChI=1S/C7H11N3O3/c1-4-5(7(12)13)6(8)10(9-4)2-3-11/h11H,2-3,8H2,1H3,(H,12,13). The second-order valence-electron chi connectivity index (χ2n) is 2.60. The number of carboxylic acids is 1. The van der Waals surface area contributed by atoms with E-state index in [2.05, 4.69) is 5.10 Å². The predicted molar refractivity (Wildman–Crippen MR) is 45.4 cm³/mol. The van der Waals surface area contributed by atoms with Gasteiger partial charge in [-0.3, -0.25) is 0 Å². The lowest BCUT2D eigenvalue weighted by atomic mass is 10.2. The molecule has 0 unspecified atom stereocenters. The number of nitrogen functional groups attached to an aromatic ring is 1. The van der Waals surface area contributed by atoms with Gasteiger partial charge in [0.2, 0.25) is 0 Å². The van der Waals surface area contributed by atoms with E-state index >= 15 is 0 Å². The second kappa shape index (κ2) is 3.44. The Morgan fingerprint density at radius 3 is 2.69 bits per heavy atom. The largest absolute Gasteiger partial charge is 0.477 e. The summed E-state index contributed by atoms with van der Waals surface area (Å²) in [5.74, 6) is -1.02. The maximum Gasteiger partial charge on any atom is 0.341 e. The van der Waals surface area contributed by atoms with Gasteiger partial charge in [0.1, 0.15) is 11.4 Å². The Bertz CT molecular complexity index is 332. The number of rotatable bonds is 3. The molecule has 6 nitrogen and oxygen atoms in total. The molecule has 1 aromatic rings. The van der Waals surface area contributed by atoms with Crippen LogP contribution in [0.3, 0.4) is 0 Å². The van der Waals surface area contributed by atoms with Gasteiger partial charge in [0, 0.05) is 0 Å². The maximum absolute atomic E-state index is 10.7. The van der Waals surface area contributed by atoms with E-state index in [1.165, 1.54) is 4.68 Å². The Morgan fingerprint density at radius 2 is 2.31 bits per heavy atom. The first-order valence-corrected chi connectivity index (χ1v) is 3.75. The lowest BCUT2D eigenvalue weighted by Crippen LogP contribution is -2.09. The van der Waals surface area contributed by atoms with Crippen molar-refractivity contribution in [2.45, 2.75) is 13.5 Å². The van der Waals surface area contributed by atoms with E-state index in [1.54, 1.807) is 6.92 Å². The number of aryl methyl sites for hydroxylation is 1. The van der Waals surface area contributed by atoms with Gasteiger partial charge in [-0.05, 0) is 6.92 Å². The monoisotopic (exact) mass is 185 g/mol. The van der Waals surface area contributed by atoms with E-state index in [9.17, 15) is 4.79 Å². The van der Waals surface area contributed by atoms with Crippen LogP contribution < -0.4 is 5.73 Å². The first-order chi connectivity index (χ1) is 6.07. The Kier molecular flexibility index (Phi) is 2.52. The highest BCUT2D eigenvalue weighted by atomic mass is 16.4. The lowest BCUT2D eigenvalue weighted by Gasteiger charge is -1.99. The molecular formula is C7H11N3O3. The van der Waals surface area contributed by atoms with E-state index in [-0.39, 0.29) is 24.5 Å². The molecule has 0 atom stereocenters. The van der Waals surface area contributed by atoms with Crippen LogP contribution in [-0.4, -0.2) is 32.6 Å². The number of aliphatic hydroxyl groups is 1. The zero-order chi connectivity index (χ0) is 10.0. The average molecular weight is 185 g/mol. The van der Waals surface area contributed by atoms with Crippen molar-refractivity contribution >= 4 is 11.8 Å². The molecule has 0 aliphatic heterocycles. The molecule has 6 heteroatoms. The Labute approximate surface area is 74.6 Å². The Hall–Kier alpha value is -1.56. The topological polar surface area (TPSA) is 101 Å². The average Bonchev–Trinajstić information content (AvgIpc) is 2.28. The molecule has 4 N–H and O–H groups in total. The zero-order valence-electron chi connectivity index (χ0n) is 7.19. The molecule has 0 radical (unpaired) electrons. The highest BCUT2D eigenvalue weighted by Crippen LogP contribution is 2.15. The fourth-order valence-electron chi connectivity index (χ4n) is 1.13. The van der Waals surface area contributed by atoms with Crippen LogP contribution in [0.2, 0.25) is 0 Å². The van der Waals surface area contributed by atoms with Gasteiger partial charge in [-0.2, -0.15) is 5.10 Å². The number of aromatic carboxylic acids is 1. The molecule has 13 heavy (non-hydrogen) atoms. The number of nitrogens with two attached hydrogens (primary N) is 1. The van der Waals surface area contributed by atoms with E-state index in [0.29, 0.717) is 5.69 Å². The summed E-state index contributed by atoms with van der Waals surface area (Å²) in [6.45, 7) is 1.65. The highest BCUT2D eigenvalue weighted by molar-refractivity contribution is 5.93. The number of carbonyl (C=O) groups is 1. The number of hydrogen-bond acceptors (Lipinski definition) is 4. The highest BCUT2D eigenvalue weighted by Gasteiger charge is 2.17. The summed E-state index contributed by atoms with van der Waals surface area (Å²) < 4.78 is 1.28. The maximum atomic E-state index is 10.7. The summed E-state index contributed by atoms with van der Waals surface area (Å²) >= 11 is 0. The number of anilines is 1. The summed E-state index contributed by atoms with van der Waals surface area (Å²) in [6, 6.07) is 0. The summed E-state index contributed by atoms with van der Waals surface area (Å²) in [6.07, 6.45) is 0. The van der Waals surface area contributed by atoms with Crippen LogP contribution in [-0.2, 0) is 6.54 Å². The first-order valence-electron chi connectivity index (χ1n) is 3.75. The van der Waals surface area contributed by atoms with Gasteiger partial charge in [-0.15, -0.1) is 0 Å². The van der Waals surface area contributed by atoms with Gasteiger partial charge in [0.15, 0.2) is 0 Å². The van der Waals surface area contributed by atoms with Crippen molar-refractivity contribution < 1.29 is 15.0 Å². The van der Waals surface area contributed by atoms with Crippen LogP contribution in [0, 0.1) is 6.92 Å². The van der Waals surface area contributed by atoms with Crippen molar-refractivity contribution in [1.82, 2.24) is 9.78 Å². The van der Waals surface area contributed by atoms with Crippen LogP contribution >= 0.6 is 0 Å². The van der Waals surface area contributed by atoms with Crippen LogP contribution in [0.4, 0.5) is 5.82 Å². The van der Waals surface area contributed by atoms with Crippen molar-refractivity contribution in [3.05, 3.63) is 11.3 Å². The number of aliphatic hydroxyl groups excluding tert-OH is 1. The van der Waals surface area contributed by atoms with Gasteiger partial charge in [0.25, 0.3) is 0 Å². The van der Waals surface area contributed by atoms with Crippen molar-refractivity contribution in [2.24, 2.45) is 0 Å². The molecule has 0 fully saturated rings. The molecule has 1 aromatic heterocycles. The smallest absolute Gasteiger partial charge is 0.341 e. The van der Waals surface area contributed by atoms with Crippen LogP contribution in [0.5, 0.6) is 0 Å². The molecule has 0 aliphatic rings. The molecular weight excluding hydrogens is 174 g/mol. The molecule has 0 saturated carbocycles. The summed E-state index contributed by atoms with van der Waals surface area (Å²) in [4.78, 5) is 10.7. The predicted octanol–water partition coefficient (Wildman–Crippen LogP) is -0.536. The van der Waals surface area contributed by atoms with Crippen molar-refractivity contribution in [3.63, 3.8) is 0 Å². The quantitative estimate of drug-likeness (QED) is 0.587. The third kappa shape index (κ3) is 1.62. The van der Waals surface area contributed by atoms with Crippen molar-refractivity contribution in [1.29, 1.82) is 0 Å². The fraction of sp³-hybridized carbons (Fsp3) is 0.429. The molecule has 0 amide bonds. The van der Waals surface area contributed by atoms with Gasteiger partial charge in [0.05, 0.1) is 18.8 Å². The molecule has 0 saturated heterocycles. The lowest BCUT2D eigenvalue weighted by molar-refractivity contribution is 0.0697. The molecule has 0 aromatic carbocycles. The van der Waals surface area contributed by atoms with Gasteiger partial charge < -0.3 is 15.9 Å². The molecule has 0 spiro atoms. The van der Waals surface area contributed by atoms with Crippen molar-refractivity contribution in [3.8, 4) is 0 Å². The van der Waals surface area contributed by atoms with Crippen LogP contribution in [0.15, 0.2) is 0 Å². The molecule has 0 bridgehead atoms. The van der Waals surface area contributed by atoms with E-state index in [1.807, 2.05) is 0 Å². The second-order valence-corrected chi connectivity index (χ2v) is 2.60. The fourth-order valence-corrected chi connectivity index (χ4v) is 1.13. The molecule has 1 heterocycles. The number of nitrogens with zero attached hydrogens (tertiary/aromatic N) is 2. The van der Waals surface area contributed by atoms with Crippen LogP contribution in [0.1, 0.15) is 16.1 Å². The SMILES string of the molecule is Cc1nn(CCO)c(N)c1C(=O)O. The normalized spacial score (nSPS) is 10.3. The first kappa shape index (κ1) is 9.53. The minimum absolute atomic E-state index is 0.00782. The van der Waals surface area contributed by atoms with Gasteiger partial charge in [-0.1, -0.05) is 0 Å². The number of hydrogen-bond donors (Lipinski definition) is 3. The van der Waals surface area contributed by atoms with Crippen LogP contribution in [0.25, 0.3) is 0 Å². The Morgan fingerprint density at radius 1 is 1.69 bits per heavy atom. The zero-order valence-corrected chi connectivity index (χ0v) is 7.19. The minimum Gasteiger partial charge on any atom is -0.477 e. The summed E-state index contributed by atoms with van der Waals surface area (Å²) in [5, 5.41) is 21.2. The van der Waals surface area contributed by atoms with E-state index in [0.717, 1.165) is 0 Å². The molecule has 0 aliphatic carbocycles. The van der Waals surface area contributed by atoms with Gasteiger partial charge >= 0.3 is 5.97 Å². The Balaban J connectivity index is 3.14. The summed E-state index contributed by atoms with van der Waals surface area (Å²) in [7, 11) is 0. The third-order valence-electron chi connectivity index (χ3n) is 1.69. The number of carboxylic acid groups (broad SMARTS) is 1. The third-order valence-corrected chi connectivity index (χ3v) is 1.69. The number of aromatic nitrogens is 2.